The molecule has 3 rings (SSSR count). The largest absolute Gasteiger partial charge is 0.350 e. The van der Waals surface area contributed by atoms with Crippen LogP contribution >= 0.6 is 15.9 Å². The number of halogens is 1. The van der Waals surface area contributed by atoms with Gasteiger partial charge >= 0.3 is 0 Å². The average Bonchev–Trinajstić information content (AvgIpc) is 2.74. The molecule has 0 saturated heterocycles. The molecule has 1 aromatic heterocycles. The summed E-state index contributed by atoms with van der Waals surface area (Å²) in [5.41, 5.74) is 1.64. The average molecular weight is 471 g/mol. The summed E-state index contributed by atoms with van der Waals surface area (Å²) in [5.74, 6) is -0.458. The Morgan fingerprint density at radius 1 is 1.20 bits per heavy atom. The van der Waals surface area contributed by atoms with Gasteiger partial charge in [0.05, 0.1) is 17.2 Å². The van der Waals surface area contributed by atoms with Gasteiger partial charge in [0.2, 0.25) is 5.91 Å². The molecule has 2 aromatic carbocycles. The predicted molar refractivity (Wildman–Crippen MR) is 119 cm³/mol. The molecule has 8 heteroatoms. The van der Waals surface area contributed by atoms with Gasteiger partial charge in [-0.1, -0.05) is 35.0 Å². The fourth-order valence-electron chi connectivity index (χ4n) is 2.89. The molecule has 30 heavy (non-hydrogen) atoms. The molecule has 3 aromatic rings. The van der Waals surface area contributed by atoms with Gasteiger partial charge in [0.15, 0.2) is 0 Å². The van der Waals surface area contributed by atoms with Gasteiger partial charge in [-0.3, -0.25) is 19.0 Å². The SMILES string of the molecule is CCC(C)NC(=O)c1cccc(CNC(=O)Cn2cnc3ccc(Br)cc3c2=O)c1. The van der Waals surface area contributed by atoms with Crippen LogP contribution in [0.3, 0.4) is 0 Å². The van der Waals surface area contributed by atoms with Gasteiger partial charge in [-0.2, -0.15) is 0 Å². The maximum atomic E-state index is 12.6. The topological polar surface area (TPSA) is 93.1 Å². The number of benzene rings is 2. The molecule has 0 bridgehead atoms. The third-order valence-corrected chi connectivity index (χ3v) is 5.26. The zero-order valence-corrected chi connectivity index (χ0v) is 18.4. The second-order valence-electron chi connectivity index (χ2n) is 7.10. The van der Waals surface area contributed by atoms with Crippen molar-refractivity contribution in [3.63, 3.8) is 0 Å². The smallest absolute Gasteiger partial charge is 0.261 e. The summed E-state index contributed by atoms with van der Waals surface area (Å²) in [6.07, 6.45) is 2.22. The van der Waals surface area contributed by atoms with E-state index in [4.69, 9.17) is 0 Å². The van der Waals surface area contributed by atoms with E-state index in [1.54, 1.807) is 30.3 Å². The Kier molecular flexibility index (Phi) is 6.99. The standard InChI is InChI=1S/C22H23BrN4O3/c1-3-14(2)26-21(29)16-6-4-5-15(9-16)11-24-20(28)12-27-13-25-19-8-7-17(23)10-18(19)22(27)30/h4-10,13-14H,3,11-12H2,1-2H3,(H,24,28)(H,26,29). The highest BCUT2D eigenvalue weighted by Gasteiger charge is 2.11. The minimum atomic E-state index is -0.317. The van der Waals surface area contributed by atoms with E-state index in [2.05, 4.69) is 31.5 Å². The summed E-state index contributed by atoms with van der Waals surface area (Å²) in [5, 5.41) is 6.15. The number of aromatic nitrogens is 2. The number of rotatable bonds is 7. The van der Waals surface area contributed by atoms with Gasteiger partial charge in [-0.15, -0.1) is 0 Å². The zero-order chi connectivity index (χ0) is 21.7. The fraction of sp³-hybridized carbons (Fsp3) is 0.273. The zero-order valence-electron chi connectivity index (χ0n) is 16.8. The summed E-state index contributed by atoms with van der Waals surface area (Å²) in [7, 11) is 0. The summed E-state index contributed by atoms with van der Waals surface area (Å²) in [4.78, 5) is 41.5. The van der Waals surface area contributed by atoms with Crippen LogP contribution in [0.15, 0.2) is 58.1 Å². The number of nitrogens with one attached hydrogen (secondary N) is 2. The molecule has 2 N–H and O–H groups in total. The molecular weight excluding hydrogens is 448 g/mol. The number of nitrogens with zero attached hydrogens (tertiary/aromatic N) is 2. The first-order chi connectivity index (χ1) is 14.4. The summed E-state index contributed by atoms with van der Waals surface area (Å²) < 4.78 is 2.05. The Labute approximate surface area is 182 Å². The molecule has 0 aliphatic heterocycles. The van der Waals surface area contributed by atoms with Gasteiger partial charge in [0.1, 0.15) is 6.54 Å². The predicted octanol–water partition coefficient (Wildman–Crippen LogP) is 3.00. The van der Waals surface area contributed by atoms with Crippen molar-refractivity contribution < 1.29 is 9.59 Å². The van der Waals surface area contributed by atoms with Crippen LogP contribution in [0.5, 0.6) is 0 Å². The minimum absolute atomic E-state index is 0.0929. The number of hydrogen-bond acceptors (Lipinski definition) is 4. The first-order valence-electron chi connectivity index (χ1n) is 9.68. The van der Waals surface area contributed by atoms with Crippen LogP contribution in [0, 0.1) is 0 Å². The molecule has 1 unspecified atom stereocenters. The lowest BCUT2D eigenvalue weighted by Crippen LogP contribution is -2.33. The highest BCUT2D eigenvalue weighted by atomic mass is 79.9. The lowest BCUT2D eigenvalue weighted by Gasteiger charge is -2.12. The van der Waals surface area contributed by atoms with Crippen LogP contribution in [0.4, 0.5) is 0 Å². The van der Waals surface area contributed by atoms with E-state index in [1.807, 2.05) is 26.0 Å². The van der Waals surface area contributed by atoms with Crippen molar-refractivity contribution in [1.29, 1.82) is 0 Å². The molecule has 1 atom stereocenters. The van der Waals surface area contributed by atoms with Crippen LogP contribution in [-0.2, 0) is 17.9 Å². The number of amides is 2. The molecule has 7 nitrogen and oxygen atoms in total. The number of carbonyl (C=O) groups excluding carboxylic acids is 2. The van der Waals surface area contributed by atoms with Gasteiger partial charge < -0.3 is 10.6 Å². The second-order valence-corrected chi connectivity index (χ2v) is 8.01. The van der Waals surface area contributed by atoms with Crippen LogP contribution in [0.25, 0.3) is 10.9 Å². The minimum Gasteiger partial charge on any atom is -0.350 e. The Balaban J connectivity index is 1.65. The maximum absolute atomic E-state index is 12.6. The molecule has 156 valence electrons. The summed E-state index contributed by atoms with van der Waals surface area (Å²) in [6, 6.07) is 12.4. The quantitative estimate of drug-likeness (QED) is 0.554. The molecule has 0 aliphatic rings. The molecular formula is C22H23BrN4O3. The van der Waals surface area contributed by atoms with E-state index < -0.39 is 0 Å². The Hall–Kier alpha value is -3.00. The third kappa shape index (κ3) is 5.33. The Morgan fingerprint density at radius 3 is 2.77 bits per heavy atom. The summed E-state index contributed by atoms with van der Waals surface area (Å²) >= 11 is 3.34. The lowest BCUT2D eigenvalue weighted by molar-refractivity contribution is -0.121. The monoisotopic (exact) mass is 470 g/mol. The first kappa shape index (κ1) is 21.7. The van der Waals surface area contributed by atoms with Crippen molar-refractivity contribution in [2.24, 2.45) is 0 Å². The van der Waals surface area contributed by atoms with Crippen molar-refractivity contribution in [2.75, 3.05) is 0 Å². The first-order valence-corrected chi connectivity index (χ1v) is 10.5. The fourth-order valence-corrected chi connectivity index (χ4v) is 3.25. The van der Waals surface area contributed by atoms with E-state index in [9.17, 15) is 14.4 Å². The Bertz CT molecular complexity index is 1140. The molecule has 2 amide bonds. The normalized spacial score (nSPS) is 11.8. The molecule has 0 aliphatic carbocycles. The number of carbonyl (C=O) groups is 2. The highest BCUT2D eigenvalue weighted by Crippen LogP contribution is 2.14. The van der Waals surface area contributed by atoms with Crippen LogP contribution in [-0.4, -0.2) is 27.4 Å². The van der Waals surface area contributed by atoms with Crippen LogP contribution < -0.4 is 16.2 Å². The van der Waals surface area contributed by atoms with Crippen LogP contribution in [0.1, 0.15) is 36.2 Å². The van der Waals surface area contributed by atoms with E-state index in [0.29, 0.717) is 16.5 Å². The van der Waals surface area contributed by atoms with E-state index >= 15 is 0 Å². The summed E-state index contributed by atoms with van der Waals surface area (Å²) in [6.45, 7) is 4.07. The Morgan fingerprint density at radius 2 is 2.00 bits per heavy atom. The molecule has 0 fully saturated rings. The number of hydrogen-bond donors (Lipinski definition) is 2. The molecule has 1 heterocycles. The molecule has 0 spiro atoms. The van der Waals surface area contributed by atoms with E-state index in [1.165, 1.54) is 10.9 Å². The van der Waals surface area contributed by atoms with Crippen molar-refractivity contribution >= 4 is 38.6 Å². The van der Waals surface area contributed by atoms with Crippen molar-refractivity contribution in [3.8, 4) is 0 Å². The van der Waals surface area contributed by atoms with Crippen molar-refractivity contribution in [2.45, 2.75) is 39.4 Å². The van der Waals surface area contributed by atoms with Gasteiger partial charge in [-0.25, -0.2) is 4.98 Å². The van der Waals surface area contributed by atoms with Crippen molar-refractivity contribution in [1.82, 2.24) is 20.2 Å². The van der Waals surface area contributed by atoms with E-state index in [-0.39, 0.29) is 36.5 Å². The number of fused-ring (bicyclic) bond motifs is 1. The van der Waals surface area contributed by atoms with Crippen molar-refractivity contribution in [3.05, 3.63) is 74.7 Å². The third-order valence-electron chi connectivity index (χ3n) is 4.77. The van der Waals surface area contributed by atoms with Crippen LogP contribution in [0.2, 0.25) is 0 Å². The highest BCUT2D eigenvalue weighted by molar-refractivity contribution is 9.10. The second kappa shape index (κ2) is 9.67. The maximum Gasteiger partial charge on any atom is 0.261 e. The van der Waals surface area contributed by atoms with Gasteiger partial charge in [0, 0.05) is 22.6 Å². The van der Waals surface area contributed by atoms with Gasteiger partial charge in [-0.05, 0) is 49.2 Å². The molecule has 0 saturated carbocycles. The van der Waals surface area contributed by atoms with Gasteiger partial charge in [0.25, 0.3) is 11.5 Å². The lowest BCUT2D eigenvalue weighted by atomic mass is 10.1. The molecule has 0 radical (unpaired) electrons. The van der Waals surface area contributed by atoms with E-state index in [0.717, 1.165) is 16.5 Å².